The van der Waals surface area contributed by atoms with Crippen LogP contribution in [0.3, 0.4) is 0 Å². The number of morpholine rings is 1. The summed E-state index contributed by atoms with van der Waals surface area (Å²) in [6.45, 7) is 0.555. The van der Waals surface area contributed by atoms with Crippen molar-refractivity contribution in [2.24, 2.45) is 0 Å². The van der Waals surface area contributed by atoms with Gasteiger partial charge in [0.2, 0.25) is 0 Å². The van der Waals surface area contributed by atoms with Gasteiger partial charge < -0.3 is 14.7 Å². The lowest BCUT2D eigenvalue weighted by Crippen LogP contribution is -2.48. The summed E-state index contributed by atoms with van der Waals surface area (Å²) < 4.78 is 6.66. The Morgan fingerprint density at radius 3 is 2.91 bits per heavy atom. The van der Waals surface area contributed by atoms with Gasteiger partial charge in [-0.05, 0) is 18.2 Å². The average molecular weight is 302 g/mol. The quantitative estimate of drug-likeness (QED) is 0.869. The Morgan fingerprint density at radius 2 is 2.18 bits per heavy atom. The standard InChI is InChI=1S/C14H14N4O4/c19-13(17-7-8-22-11(9-17)14(20)21)10-3-1-4-12(16-10)18-6-2-5-15-18/h1-6,11H,7-9H2,(H,20,21)/t11-/m1/s1. The number of nitrogens with zero attached hydrogens (tertiary/aromatic N) is 4. The summed E-state index contributed by atoms with van der Waals surface area (Å²) in [5.74, 6) is -0.863. The molecule has 114 valence electrons. The Morgan fingerprint density at radius 1 is 1.32 bits per heavy atom. The molecule has 0 spiro atoms. The van der Waals surface area contributed by atoms with Crippen LogP contribution in [-0.2, 0) is 9.53 Å². The fourth-order valence-corrected chi connectivity index (χ4v) is 2.22. The van der Waals surface area contributed by atoms with E-state index in [-0.39, 0.29) is 24.8 Å². The molecule has 1 fully saturated rings. The van der Waals surface area contributed by atoms with Crippen LogP contribution in [0, 0.1) is 0 Å². The van der Waals surface area contributed by atoms with Gasteiger partial charge in [-0.25, -0.2) is 14.5 Å². The van der Waals surface area contributed by atoms with Gasteiger partial charge in [0.1, 0.15) is 5.69 Å². The van der Waals surface area contributed by atoms with Crippen molar-refractivity contribution in [3.05, 3.63) is 42.4 Å². The van der Waals surface area contributed by atoms with E-state index in [0.29, 0.717) is 12.4 Å². The second-order valence-corrected chi connectivity index (χ2v) is 4.78. The number of hydrogen-bond acceptors (Lipinski definition) is 5. The number of ether oxygens (including phenoxy) is 1. The summed E-state index contributed by atoms with van der Waals surface area (Å²) >= 11 is 0. The summed E-state index contributed by atoms with van der Waals surface area (Å²) in [7, 11) is 0. The number of hydrogen-bond donors (Lipinski definition) is 1. The van der Waals surface area contributed by atoms with Gasteiger partial charge in [-0.3, -0.25) is 4.79 Å². The minimum Gasteiger partial charge on any atom is -0.479 e. The molecule has 1 N–H and O–H groups in total. The maximum absolute atomic E-state index is 12.5. The minimum atomic E-state index is -1.07. The highest BCUT2D eigenvalue weighted by molar-refractivity contribution is 5.93. The van der Waals surface area contributed by atoms with Crippen molar-refractivity contribution in [3.8, 4) is 5.82 Å². The number of carboxylic acid groups (broad SMARTS) is 1. The molecule has 2 aromatic rings. The fourth-order valence-electron chi connectivity index (χ4n) is 2.22. The smallest absolute Gasteiger partial charge is 0.334 e. The lowest BCUT2D eigenvalue weighted by molar-refractivity contribution is -0.154. The lowest BCUT2D eigenvalue weighted by Gasteiger charge is -2.30. The molecule has 1 atom stereocenters. The molecule has 8 heteroatoms. The van der Waals surface area contributed by atoms with Crippen LogP contribution in [0.1, 0.15) is 10.5 Å². The van der Waals surface area contributed by atoms with Crippen molar-refractivity contribution in [1.29, 1.82) is 0 Å². The van der Waals surface area contributed by atoms with E-state index in [1.54, 1.807) is 41.3 Å². The summed E-state index contributed by atoms with van der Waals surface area (Å²) in [5, 5.41) is 13.1. The van der Waals surface area contributed by atoms with Gasteiger partial charge >= 0.3 is 5.97 Å². The molecular weight excluding hydrogens is 288 g/mol. The number of pyridine rings is 1. The third kappa shape index (κ3) is 2.82. The zero-order valence-corrected chi connectivity index (χ0v) is 11.6. The van der Waals surface area contributed by atoms with E-state index in [0.717, 1.165) is 0 Å². The molecule has 2 aromatic heterocycles. The number of amides is 1. The molecule has 1 aliphatic rings. The van der Waals surface area contributed by atoms with E-state index in [1.807, 2.05) is 0 Å². The normalized spacial score (nSPS) is 18.2. The molecule has 1 saturated heterocycles. The third-order valence-corrected chi connectivity index (χ3v) is 3.32. The van der Waals surface area contributed by atoms with Gasteiger partial charge in [0.05, 0.1) is 13.2 Å². The van der Waals surface area contributed by atoms with Gasteiger partial charge in [0.15, 0.2) is 11.9 Å². The Kier molecular flexibility index (Phi) is 3.84. The molecule has 1 amide bonds. The molecule has 0 unspecified atom stereocenters. The molecule has 8 nitrogen and oxygen atoms in total. The zero-order chi connectivity index (χ0) is 15.5. The van der Waals surface area contributed by atoms with Crippen LogP contribution in [0.2, 0.25) is 0 Å². The molecule has 0 aromatic carbocycles. The van der Waals surface area contributed by atoms with Crippen LogP contribution >= 0.6 is 0 Å². The van der Waals surface area contributed by atoms with E-state index in [4.69, 9.17) is 9.84 Å². The van der Waals surface area contributed by atoms with Crippen LogP contribution in [0.15, 0.2) is 36.7 Å². The van der Waals surface area contributed by atoms with E-state index in [9.17, 15) is 9.59 Å². The summed E-state index contributed by atoms with van der Waals surface area (Å²) in [5.41, 5.74) is 0.249. The van der Waals surface area contributed by atoms with Gasteiger partial charge in [0, 0.05) is 18.9 Å². The lowest BCUT2D eigenvalue weighted by atomic mass is 10.2. The Labute approximate surface area is 125 Å². The van der Waals surface area contributed by atoms with Crippen LogP contribution in [0.5, 0.6) is 0 Å². The zero-order valence-electron chi connectivity index (χ0n) is 11.6. The summed E-state index contributed by atoms with van der Waals surface area (Å²) in [6.07, 6.45) is 2.36. The number of carboxylic acids is 1. The molecule has 22 heavy (non-hydrogen) atoms. The Bertz CT molecular complexity index is 686. The molecule has 3 rings (SSSR count). The summed E-state index contributed by atoms with van der Waals surface area (Å²) in [4.78, 5) is 29.2. The molecule has 3 heterocycles. The summed E-state index contributed by atoms with van der Waals surface area (Å²) in [6, 6.07) is 6.81. The van der Waals surface area contributed by atoms with Crippen LogP contribution < -0.4 is 0 Å². The second-order valence-electron chi connectivity index (χ2n) is 4.78. The first kappa shape index (κ1) is 14.2. The van der Waals surface area contributed by atoms with Crippen molar-refractivity contribution < 1.29 is 19.4 Å². The highest BCUT2D eigenvalue weighted by Crippen LogP contribution is 2.11. The second kappa shape index (κ2) is 5.94. The minimum absolute atomic E-state index is 0.0157. The largest absolute Gasteiger partial charge is 0.479 e. The number of rotatable bonds is 3. The van der Waals surface area contributed by atoms with E-state index >= 15 is 0 Å². The number of carbonyl (C=O) groups is 2. The first-order valence-electron chi connectivity index (χ1n) is 6.76. The van der Waals surface area contributed by atoms with E-state index in [2.05, 4.69) is 10.1 Å². The molecular formula is C14H14N4O4. The van der Waals surface area contributed by atoms with E-state index < -0.39 is 12.1 Å². The molecule has 0 bridgehead atoms. The van der Waals surface area contributed by atoms with Crippen LogP contribution in [-0.4, -0.2) is 62.4 Å². The predicted octanol–water partition coefficient (Wildman–Crippen LogP) is 0.193. The maximum atomic E-state index is 12.5. The molecule has 0 radical (unpaired) electrons. The van der Waals surface area contributed by atoms with Crippen LogP contribution in [0.4, 0.5) is 0 Å². The van der Waals surface area contributed by atoms with Gasteiger partial charge in [-0.2, -0.15) is 5.10 Å². The Hall–Kier alpha value is -2.74. The molecule has 1 aliphatic heterocycles. The van der Waals surface area contributed by atoms with E-state index in [1.165, 1.54) is 4.90 Å². The van der Waals surface area contributed by atoms with Crippen molar-refractivity contribution in [2.75, 3.05) is 19.7 Å². The van der Waals surface area contributed by atoms with Crippen molar-refractivity contribution in [2.45, 2.75) is 6.10 Å². The molecule has 0 saturated carbocycles. The number of aromatic nitrogens is 3. The number of carbonyl (C=O) groups excluding carboxylic acids is 1. The third-order valence-electron chi connectivity index (χ3n) is 3.32. The fraction of sp³-hybridized carbons (Fsp3) is 0.286. The average Bonchev–Trinajstić information content (AvgIpc) is 3.09. The predicted molar refractivity (Wildman–Crippen MR) is 74.6 cm³/mol. The maximum Gasteiger partial charge on any atom is 0.334 e. The van der Waals surface area contributed by atoms with Crippen molar-refractivity contribution in [3.63, 3.8) is 0 Å². The number of aliphatic carboxylic acids is 1. The molecule has 0 aliphatic carbocycles. The highest BCUT2D eigenvalue weighted by atomic mass is 16.5. The monoisotopic (exact) mass is 302 g/mol. The van der Waals surface area contributed by atoms with Gasteiger partial charge in [-0.15, -0.1) is 0 Å². The highest BCUT2D eigenvalue weighted by Gasteiger charge is 2.30. The first-order valence-corrected chi connectivity index (χ1v) is 6.76. The van der Waals surface area contributed by atoms with Crippen LogP contribution in [0.25, 0.3) is 5.82 Å². The van der Waals surface area contributed by atoms with Gasteiger partial charge in [-0.1, -0.05) is 6.07 Å². The van der Waals surface area contributed by atoms with Crippen molar-refractivity contribution >= 4 is 11.9 Å². The first-order chi connectivity index (χ1) is 10.6. The van der Waals surface area contributed by atoms with Gasteiger partial charge in [0.25, 0.3) is 5.91 Å². The Balaban J connectivity index is 1.80. The topological polar surface area (TPSA) is 97.6 Å². The SMILES string of the molecule is O=C(O)[C@H]1CN(C(=O)c2cccc(-n3cccn3)n2)CCO1. The van der Waals surface area contributed by atoms with Crippen molar-refractivity contribution in [1.82, 2.24) is 19.7 Å².